The predicted octanol–water partition coefficient (Wildman–Crippen LogP) is 3.13. The first kappa shape index (κ1) is 12.6. The Bertz CT molecular complexity index is 834. The molecule has 1 N–H and O–H groups in total. The Morgan fingerprint density at radius 1 is 1.10 bits per heavy atom. The van der Waals surface area contributed by atoms with Crippen molar-refractivity contribution in [2.75, 3.05) is 0 Å². The van der Waals surface area contributed by atoms with E-state index in [1.807, 2.05) is 12.3 Å². The molecule has 100 valence electrons. The Balaban J connectivity index is 2.00. The van der Waals surface area contributed by atoms with E-state index in [1.54, 1.807) is 0 Å². The first-order valence-corrected chi connectivity index (χ1v) is 6.66. The van der Waals surface area contributed by atoms with Crippen LogP contribution in [0.3, 0.4) is 0 Å². The van der Waals surface area contributed by atoms with Gasteiger partial charge in [-0.25, -0.2) is 4.98 Å². The Morgan fingerprint density at radius 2 is 1.95 bits per heavy atom. The average Bonchev–Trinajstić information content (AvgIpc) is 2.43. The Hall–Kier alpha value is -2.42. The van der Waals surface area contributed by atoms with E-state index in [-0.39, 0.29) is 5.56 Å². The maximum Gasteiger partial charge on any atom is 0.249 e. The number of nitrogens with zero attached hydrogens (tertiary/aromatic N) is 1. The van der Waals surface area contributed by atoms with Crippen LogP contribution in [0.15, 0.2) is 47.4 Å². The van der Waals surface area contributed by atoms with Gasteiger partial charge in [0.15, 0.2) is 0 Å². The summed E-state index contributed by atoms with van der Waals surface area (Å²) in [6.07, 6.45) is 2.69. The van der Waals surface area contributed by atoms with E-state index in [9.17, 15) is 4.79 Å². The Morgan fingerprint density at radius 3 is 2.80 bits per heavy atom. The molecule has 0 saturated carbocycles. The minimum Gasteiger partial charge on any atom is -0.307 e. The van der Waals surface area contributed by atoms with E-state index >= 15 is 0 Å². The van der Waals surface area contributed by atoms with Crippen LogP contribution in [0.25, 0.3) is 11.0 Å². The summed E-state index contributed by atoms with van der Waals surface area (Å²) in [5, 5.41) is 0.965. The van der Waals surface area contributed by atoms with Crippen LogP contribution >= 0.6 is 0 Å². The molecule has 3 aromatic rings. The number of rotatable bonds is 2. The van der Waals surface area contributed by atoms with Gasteiger partial charge >= 0.3 is 0 Å². The zero-order chi connectivity index (χ0) is 14.1. The van der Waals surface area contributed by atoms with Crippen LogP contribution in [0.5, 0.6) is 0 Å². The van der Waals surface area contributed by atoms with Crippen molar-refractivity contribution < 1.29 is 0 Å². The predicted molar refractivity (Wildman–Crippen MR) is 81.1 cm³/mol. The second-order valence-electron chi connectivity index (χ2n) is 5.21. The topological polar surface area (TPSA) is 45.8 Å². The van der Waals surface area contributed by atoms with Crippen LogP contribution in [0.2, 0.25) is 0 Å². The fourth-order valence-electron chi connectivity index (χ4n) is 2.39. The normalized spacial score (nSPS) is 10.9. The highest BCUT2D eigenvalue weighted by molar-refractivity contribution is 5.74. The number of hydrogen-bond acceptors (Lipinski definition) is 2. The summed E-state index contributed by atoms with van der Waals surface area (Å²) in [4.78, 5) is 18.3. The minimum atomic E-state index is -0.118. The summed E-state index contributed by atoms with van der Waals surface area (Å²) in [7, 11) is 0. The molecule has 1 aromatic carbocycles. The smallest absolute Gasteiger partial charge is 0.249 e. The number of fused-ring (bicyclic) bond motifs is 1. The highest BCUT2D eigenvalue weighted by Crippen LogP contribution is 2.17. The molecule has 3 rings (SSSR count). The van der Waals surface area contributed by atoms with E-state index in [1.165, 1.54) is 22.8 Å². The summed E-state index contributed by atoms with van der Waals surface area (Å²) in [6.45, 7) is 4.23. The second-order valence-corrected chi connectivity index (χ2v) is 5.21. The number of nitrogens with one attached hydrogen (secondary N) is 1. The molecule has 0 amide bonds. The van der Waals surface area contributed by atoms with Gasteiger partial charge in [0.1, 0.15) is 5.65 Å². The molecule has 3 heteroatoms. The van der Waals surface area contributed by atoms with Crippen LogP contribution in [0.4, 0.5) is 0 Å². The molecule has 0 unspecified atom stereocenters. The third kappa shape index (κ3) is 2.48. The molecule has 20 heavy (non-hydrogen) atoms. The maximum absolute atomic E-state index is 11.2. The number of benzene rings is 1. The molecule has 0 bridgehead atoms. The first-order chi connectivity index (χ1) is 9.61. The van der Waals surface area contributed by atoms with Gasteiger partial charge in [-0.15, -0.1) is 0 Å². The van der Waals surface area contributed by atoms with Crippen LogP contribution in [0, 0.1) is 13.8 Å². The van der Waals surface area contributed by atoms with E-state index in [0.717, 1.165) is 17.4 Å². The van der Waals surface area contributed by atoms with Crippen LogP contribution < -0.4 is 5.56 Å². The van der Waals surface area contributed by atoms with Gasteiger partial charge in [0, 0.05) is 17.6 Å². The molecule has 0 fully saturated rings. The molecule has 0 saturated heterocycles. The molecule has 3 nitrogen and oxygen atoms in total. The Labute approximate surface area is 117 Å². The summed E-state index contributed by atoms with van der Waals surface area (Å²) >= 11 is 0. The lowest BCUT2D eigenvalue weighted by Gasteiger charge is -2.08. The van der Waals surface area contributed by atoms with E-state index in [4.69, 9.17) is 0 Å². The molecule has 0 atom stereocenters. The van der Waals surface area contributed by atoms with Crippen molar-refractivity contribution in [1.82, 2.24) is 9.97 Å². The van der Waals surface area contributed by atoms with Gasteiger partial charge in [-0.3, -0.25) is 4.79 Å². The molecule has 0 aliphatic carbocycles. The Kier molecular flexibility index (Phi) is 3.11. The lowest BCUT2D eigenvalue weighted by Crippen LogP contribution is -2.04. The van der Waals surface area contributed by atoms with Crippen molar-refractivity contribution in [3.63, 3.8) is 0 Å². The highest BCUT2D eigenvalue weighted by atomic mass is 16.1. The van der Waals surface area contributed by atoms with Crippen molar-refractivity contribution in [3.8, 4) is 0 Å². The molecule has 0 aliphatic heterocycles. The fourth-order valence-corrected chi connectivity index (χ4v) is 2.39. The van der Waals surface area contributed by atoms with Crippen LogP contribution in [-0.2, 0) is 6.42 Å². The van der Waals surface area contributed by atoms with Gasteiger partial charge in [0.25, 0.3) is 0 Å². The quantitative estimate of drug-likeness (QED) is 0.773. The third-order valence-corrected chi connectivity index (χ3v) is 3.53. The second kappa shape index (κ2) is 4.93. The standard InChI is InChI=1S/C17H16N2O/c1-11-3-4-12(2)15(7-11)9-13-8-14-5-6-16(20)19-17(14)18-10-13/h3-8,10H,9H2,1-2H3,(H,18,19,20). The zero-order valence-electron chi connectivity index (χ0n) is 11.6. The van der Waals surface area contributed by atoms with Gasteiger partial charge in [-0.05, 0) is 49.1 Å². The van der Waals surface area contributed by atoms with Gasteiger partial charge in [-0.2, -0.15) is 0 Å². The van der Waals surface area contributed by atoms with Crippen molar-refractivity contribution in [2.45, 2.75) is 20.3 Å². The molecule has 0 radical (unpaired) electrons. The number of hydrogen-bond donors (Lipinski definition) is 1. The number of aromatic amines is 1. The lowest BCUT2D eigenvalue weighted by atomic mass is 9.99. The van der Waals surface area contributed by atoms with E-state index in [2.05, 4.69) is 48.1 Å². The van der Waals surface area contributed by atoms with Crippen LogP contribution in [-0.4, -0.2) is 9.97 Å². The van der Waals surface area contributed by atoms with Gasteiger partial charge in [-0.1, -0.05) is 23.8 Å². The monoisotopic (exact) mass is 264 g/mol. The number of pyridine rings is 2. The van der Waals surface area contributed by atoms with E-state index in [0.29, 0.717) is 5.65 Å². The van der Waals surface area contributed by atoms with Gasteiger partial charge < -0.3 is 4.98 Å². The van der Waals surface area contributed by atoms with Crippen molar-refractivity contribution in [2.24, 2.45) is 0 Å². The molecule has 0 aliphatic rings. The number of aromatic nitrogens is 2. The van der Waals surface area contributed by atoms with Crippen LogP contribution in [0.1, 0.15) is 22.3 Å². The molecular formula is C17H16N2O. The van der Waals surface area contributed by atoms with Crippen molar-refractivity contribution in [3.05, 3.63) is 75.2 Å². The maximum atomic E-state index is 11.2. The summed E-state index contributed by atoms with van der Waals surface area (Å²) in [5.41, 5.74) is 5.55. The molecule has 2 heterocycles. The molecule has 0 spiro atoms. The SMILES string of the molecule is Cc1ccc(C)c(Cc2cnc3[nH]c(=O)ccc3c2)c1. The third-order valence-electron chi connectivity index (χ3n) is 3.53. The first-order valence-electron chi connectivity index (χ1n) is 6.66. The lowest BCUT2D eigenvalue weighted by molar-refractivity contribution is 1.12. The van der Waals surface area contributed by atoms with E-state index < -0.39 is 0 Å². The average molecular weight is 264 g/mol. The van der Waals surface area contributed by atoms with Gasteiger partial charge in [0.2, 0.25) is 5.56 Å². The van der Waals surface area contributed by atoms with Crippen molar-refractivity contribution >= 4 is 11.0 Å². The fraction of sp³-hybridized carbons (Fsp3) is 0.176. The molecular weight excluding hydrogens is 248 g/mol. The number of H-pyrrole nitrogens is 1. The summed E-state index contributed by atoms with van der Waals surface area (Å²) < 4.78 is 0. The minimum absolute atomic E-state index is 0.118. The largest absolute Gasteiger partial charge is 0.307 e. The zero-order valence-corrected chi connectivity index (χ0v) is 11.6. The highest BCUT2D eigenvalue weighted by Gasteiger charge is 2.03. The number of aryl methyl sites for hydroxylation is 2. The summed E-state index contributed by atoms with van der Waals surface area (Å²) in [5.74, 6) is 0. The molecule has 2 aromatic heterocycles. The van der Waals surface area contributed by atoms with Crippen molar-refractivity contribution in [1.29, 1.82) is 0 Å². The van der Waals surface area contributed by atoms with Gasteiger partial charge in [0.05, 0.1) is 0 Å². The summed E-state index contributed by atoms with van der Waals surface area (Å²) in [6, 6.07) is 11.9.